The predicted octanol–water partition coefficient (Wildman–Crippen LogP) is -3.72. The number of aliphatic carboxylic acids is 2. The molecule has 0 aromatic carbocycles. The van der Waals surface area contributed by atoms with Crippen LogP contribution in [-0.2, 0) is 14.4 Å². The summed E-state index contributed by atoms with van der Waals surface area (Å²) < 4.78 is 0. The Morgan fingerprint density at radius 1 is 1.29 bits per heavy atom. The number of hydrogen-bond acceptors (Lipinski definition) is 4. The van der Waals surface area contributed by atoms with Gasteiger partial charge in [0.15, 0.2) is 0 Å². The number of nitrogens with one attached hydrogen (secondary N) is 1. The minimum Gasteiger partial charge on any atom is -0.548 e. The third-order valence-corrected chi connectivity index (χ3v) is 2.01. The van der Waals surface area contributed by atoms with Crippen molar-refractivity contribution in [2.24, 2.45) is 0 Å². The van der Waals surface area contributed by atoms with Crippen LogP contribution in [0.3, 0.4) is 0 Å². The normalized spacial score (nSPS) is 11.1. The van der Waals surface area contributed by atoms with Crippen molar-refractivity contribution in [1.82, 2.24) is 5.32 Å². The van der Waals surface area contributed by atoms with Crippen LogP contribution in [0.2, 0.25) is 0 Å². The van der Waals surface area contributed by atoms with E-state index in [1.165, 1.54) is 0 Å². The molecular formula is C10H16KNO5. The van der Waals surface area contributed by atoms with Crippen molar-refractivity contribution in [3.05, 3.63) is 0 Å². The number of carbonyl (C=O) groups excluding carboxylic acids is 2. The third kappa shape index (κ3) is 10.9. The topological polar surface area (TPSA) is 107 Å². The van der Waals surface area contributed by atoms with Crippen LogP contribution in [0.5, 0.6) is 0 Å². The predicted molar refractivity (Wildman–Crippen MR) is 53.3 cm³/mol. The maximum Gasteiger partial charge on any atom is 1.00 e. The summed E-state index contributed by atoms with van der Waals surface area (Å²) in [6.07, 6.45) is 2.03. The maximum absolute atomic E-state index is 11.2. The van der Waals surface area contributed by atoms with E-state index in [1.807, 2.05) is 6.92 Å². The first-order valence-electron chi connectivity index (χ1n) is 5.19. The van der Waals surface area contributed by atoms with E-state index in [9.17, 15) is 19.5 Å². The van der Waals surface area contributed by atoms with Gasteiger partial charge in [-0.2, -0.15) is 0 Å². The average Bonchev–Trinajstić information content (AvgIpc) is 2.16. The number of carboxylic acid groups (broad SMARTS) is 2. The van der Waals surface area contributed by atoms with Gasteiger partial charge in [0.25, 0.3) is 0 Å². The summed E-state index contributed by atoms with van der Waals surface area (Å²) in [4.78, 5) is 32.0. The molecule has 0 aliphatic heterocycles. The molecular weight excluding hydrogens is 253 g/mol. The molecule has 0 saturated heterocycles. The molecule has 0 rings (SSSR count). The molecule has 92 valence electrons. The van der Waals surface area contributed by atoms with Crippen LogP contribution in [0.25, 0.3) is 0 Å². The van der Waals surface area contributed by atoms with Crippen molar-refractivity contribution >= 4 is 17.8 Å². The molecule has 7 heteroatoms. The van der Waals surface area contributed by atoms with E-state index < -0.39 is 30.3 Å². The summed E-state index contributed by atoms with van der Waals surface area (Å²) in [5, 5.41) is 21.1. The molecule has 0 aromatic rings. The number of carbonyl (C=O) groups is 3. The van der Waals surface area contributed by atoms with Crippen molar-refractivity contribution in [3.8, 4) is 0 Å². The first-order chi connectivity index (χ1) is 7.47. The van der Waals surface area contributed by atoms with Gasteiger partial charge in [0.2, 0.25) is 5.91 Å². The molecule has 0 unspecified atom stereocenters. The number of unbranched alkanes of at least 4 members (excludes halogenated alkanes) is 2. The third-order valence-electron chi connectivity index (χ3n) is 2.01. The largest absolute Gasteiger partial charge is 1.00 e. The van der Waals surface area contributed by atoms with Crippen LogP contribution in [0.1, 0.15) is 39.0 Å². The monoisotopic (exact) mass is 269 g/mol. The second kappa shape index (κ2) is 11.2. The van der Waals surface area contributed by atoms with Gasteiger partial charge in [0, 0.05) is 6.42 Å². The van der Waals surface area contributed by atoms with E-state index in [0.29, 0.717) is 6.42 Å². The zero-order valence-electron chi connectivity index (χ0n) is 10.2. The maximum atomic E-state index is 11.2. The van der Waals surface area contributed by atoms with Crippen molar-refractivity contribution in [2.45, 2.75) is 45.1 Å². The molecule has 0 fully saturated rings. The summed E-state index contributed by atoms with van der Waals surface area (Å²) in [6.45, 7) is 1.98. The molecule has 6 nitrogen and oxygen atoms in total. The van der Waals surface area contributed by atoms with Crippen LogP contribution < -0.4 is 61.8 Å². The van der Waals surface area contributed by atoms with Crippen LogP contribution in [0.15, 0.2) is 0 Å². The Morgan fingerprint density at radius 3 is 2.29 bits per heavy atom. The zero-order chi connectivity index (χ0) is 12.6. The van der Waals surface area contributed by atoms with Crippen molar-refractivity contribution in [2.75, 3.05) is 0 Å². The van der Waals surface area contributed by atoms with Gasteiger partial charge in [-0.1, -0.05) is 19.8 Å². The quantitative estimate of drug-likeness (QED) is 0.348. The summed E-state index contributed by atoms with van der Waals surface area (Å²) in [6, 6.07) is -1.45. The SMILES string of the molecule is CCCCCC(=O)N[C@@H](CC(=O)O)C(=O)[O-].[K+]. The molecule has 17 heavy (non-hydrogen) atoms. The van der Waals surface area contributed by atoms with Gasteiger partial charge in [0.05, 0.1) is 18.4 Å². The second-order valence-corrected chi connectivity index (χ2v) is 3.49. The molecule has 0 spiro atoms. The molecule has 0 saturated carbocycles. The Morgan fingerprint density at radius 2 is 1.88 bits per heavy atom. The Hall–Kier alpha value is 0.0464. The fraction of sp³-hybridized carbons (Fsp3) is 0.700. The number of rotatable bonds is 8. The fourth-order valence-corrected chi connectivity index (χ4v) is 1.17. The Labute approximate surface area is 143 Å². The van der Waals surface area contributed by atoms with E-state index >= 15 is 0 Å². The minimum atomic E-state index is -1.58. The Bertz CT molecular complexity index is 269. The number of carboxylic acids is 2. The van der Waals surface area contributed by atoms with Crippen LogP contribution in [0.4, 0.5) is 0 Å². The van der Waals surface area contributed by atoms with Crippen LogP contribution in [0, 0.1) is 0 Å². The van der Waals surface area contributed by atoms with Gasteiger partial charge in [-0.25, -0.2) is 0 Å². The first kappa shape index (κ1) is 19.4. The molecule has 0 radical (unpaired) electrons. The Balaban J connectivity index is 0. The van der Waals surface area contributed by atoms with Gasteiger partial charge in [0.1, 0.15) is 0 Å². The van der Waals surface area contributed by atoms with Crippen LogP contribution >= 0.6 is 0 Å². The van der Waals surface area contributed by atoms with Gasteiger partial charge in [-0.15, -0.1) is 0 Å². The molecule has 0 aliphatic rings. The molecule has 2 N–H and O–H groups in total. The van der Waals surface area contributed by atoms with E-state index in [2.05, 4.69) is 5.32 Å². The van der Waals surface area contributed by atoms with Crippen molar-refractivity contribution in [1.29, 1.82) is 0 Å². The van der Waals surface area contributed by atoms with Gasteiger partial charge >= 0.3 is 57.4 Å². The molecule has 0 heterocycles. The molecule has 1 atom stereocenters. The number of amides is 1. The molecule has 0 aliphatic carbocycles. The minimum absolute atomic E-state index is 0. The van der Waals surface area contributed by atoms with E-state index in [0.717, 1.165) is 12.8 Å². The van der Waals surface area contributed by atoms with E-state index in [1.54, 1.807) is 0 Å². The molecule has 0 bridgehead atoms. The standard InChI is InChI=1S/C10H17NO5.K/c1-2-3-4-5-8(12)11-7(10(15)16)6-9(13)14;/h7H,2-6H2,1H3,(H,11,12)(H,13,14)(H,15,16);/q;+1/p-1/t7-;/m0./s1. The van der Waals surface area contributed by atoms with Crippen molar-refractivity contribution < 1.29 is 76.0 Å². The van der Waals surface area contributed by atoms with Crippen LogP contribution in [-0.4, -0.2) is 29.0 Å². The summed E-state index contributed by atoms with van der Waals surface area (Å²) in [5.74, 6) is -3.32. The molecule has 0 aromatic heterocycles. The zero-order valence-corrected chi connectivity index (χ0v) is 13.3. The second-order valence-electron chi connectivity index (χ2n) is 3.49. The van der Waals surface area contributed by atoms with Gasteiger partial charge in [-0.05, 0) is 6.42 Å². The fourth-order valence-electron chi connectivity index (χ4n) is 1.17. The Kier molecular flexibility index (Phi) is 12.7. The van der Waals surface area contributed by atoms with E-state index in [4.69, 9.17) is 5.11 Å². The average molecular weight is 269 g/mol. The summed E-state index contributed by atoms with van der Waals surface area (Å²) >= 11 is 0. The molecule has 1 amide bonds. The van der Waals surface area contributed by atoms with Gasteiger partial charge in [-0.3, -0.25) is 9.59 Å². The summed E-state index contributed by atoms with van der Waals surface area (Å²) in [7, 11) is 0. The summed E-state index contributed by atoms with van der Waals surface area (Å²) in [5.41, 5.74) is 0. The van der Waals surface area contributed by atoms with Crippen molar-refractivity contribution in [3.63, 3.8) is 0 Å². The number of hydrogen-bond donors (Lipinski definition) is 2. The first-order valence-corrected chi connectivity index (χ1v) is 5.19. The van der Waals surface area contributed by atoms with Gasteiger partial charge < -0.3 is 20.3 Å². The smallest absolute Gasteiger partial charge is 0.548 e. The van der Waals surface area contributed by atoms with E-state index in [-0.39, 0.29) is 57.8 Å².